The first kappa shape index (κ1) is 15.4. The Morgan fingerprint density at radius 1 is 1.09 bits per heavy atom. The standard InChI is InChI=1S/C17H22BNO3/c1-16(2)17(3,4)22-18(21-16)13-5-7-14(8-6-13)20-15-9-12(10-15)11-19/h5-8,12,15H,9-10H2,1-4H3. The summed E-state index contributed by atoms with van der Waals surface area (Å²) >= 11 is 0. The zero-order valence-electron chi connectivity index (χ0n) is 13.6. The molecule has 4 nitrogen and oxygen atoms in total. The maximum Gasteiger partial charge on any atom is 0.494 e. The Balaban J connectivity index is 1.62. The molecule has 116 valence electrons. The van der Waals surface area contributed by atoms with Crippen molar-refractivity contribution in [2.45, 2.75) is 57.8 Å². The van der Waals surface area contributed by atoms with Crippen molar-refractivity contribution >= 4 is 12.6 Å². The van der Waals surface area contributed by atoms with Gasteiger partial charge in [0, 0.05) is 12.8 Å². The van der Waals surface area contributed by atoms with Crippen LogP contribution in [0.1, 0.15) is 40.5 Å². The number of rotatable bonds is 3. The molecule has 3 rings (SSSR count). The molecular weight excluding hydrogens is 277 g/mol. The van der Waals surface area contributed by atoms with Gasteiger partial charge in [0.05, 0.1) is 23.2 Å². The first-order chi connectivity index (χ1) is 10.3. The molecule has 0 aromatic heterocycles. The van der Waals surface area contributed by atoms with Gasteiger partial charge in [0.1, 0.15) is 11.9 Å². The smallest absolute Gasteiger partial charge is 0.490 e. The third kappa shape index (κ3) is 2.73. The molecule has 1 aliphatic carbocycles. The predicted octanol–water partition coefficient (Wildman–Crippen LogP) is 2.67. The van der Waals surface area contributed by atoms with Crippen LogP contribution in [0.15, 0.2) is 24.3 Å². The van der Waals surface area contributed by atoms with Crippen LogP contribution in [0.4, 0.5) is 0 Å². The minimum absolute atomic E-state index is 0.161. The largest absolute Gasteiger partial charge is 0.494 e. The van der Waals surface area contributed by atoms with Crippen molar-refractivity contribution in [2.75, 3.05) is 0 Å². The van der Waals surface area contributed by atoms with Gasteiger partial charge in [-0.1, -0.05) is 12.1 Å². The molecule has 1 aromatic carbocycles. The summed E-state index contributed by atoms with van der Waals surface area (Å²) in [6.07, 6.45) is 1.83. The monoisotopic (exact) mass is 299 g/mol. The molecule has 0 amide bonds. The summed E-state index contributed by atoms with van der Waals surface area (Å²) in [7, 11) is -0.342. The van der Waals surface area contributed by atoms with Crippen molar-refractivity contribution in [1.82, 2.24) is 0 Å². The average molecular weight is 299 g/mol. The van der Waals surface area contributed by atoms with Gasteiger partial charge in [-0.3, -0.25) is 0 Å². The van der Waals surface area contributed by atoms with Crippen LogP contribution in [0, 0.1) is 17.2 Å². The number of hydrogen-bond acceptors (Lipinski definition) is 4. The number of nitrogens with zero attached hydrogens (tertiary/aromatic N) is 1. The summed E-state index contributed by atoms with van der Waals surface area (Å²) in [6, 6.07) is 10.1. The van der Waals surface area contributed by atoms with E-state index in [2.05, 4.69) is 6.07 Å². The van der Waals surface area contributed by atoms with Crippen LogP contribution in [0.25, 0.3) is 0 Å². The van der Waals surface area contributed by atoms with Crippen molar-refractivity contribution < 1.29 is 14.0 Å². The molecule has 0 radical (unpaired) electrons. The summed E-state index contributed by atoms with van der Waals surface area (Å²) < 4.78 is 17.9. The van der Waals surface area contributed by atoms with E-state index in [9.17, 15) is 0 Å². The molecule has 1 aliphatic heterocycles. The highest BCUT2D eigenvalue weighted by Gasteiger charge is 2.51. The lowest BCUT2D eigenvalue weighted by molar-refractivity contribution is 0.00578. The number of hydrogen-bond donors (Lipinski definition) is 0. The molecular formula is C17H22BNO3. The molecule has 1 aromatic rings. The van der Waals surface area contributed by atoms with Crippen molar-refractivity contribution in [3.05, 3.63) is 24.3 Å². The topological polar surface area (TPSA) is 51.5 Å². The molecule has 1 saturated carbocycles. The van der Waals surface area contributed by atoms with E-state index in [4.69, 9.17) is 19.3 Å². The van der Waals surface area contributed by atoms with Crippen molar-refractivity contribution in [3.63, 3.8) is 0 Å². The molecule has 0 bridgehead atoms. The fraction of sp³-hybridized carbons (Fsp3) is 0.588. The fourth-order valence-electron chi connectivity index (χ4n) is 2.64. The SMILES string of the molecule is CC1(C)OB(c2ccc(OC3CC(C#N)C3)cc2)OC1(C)C. The zero-order chi connectivity index (χ0) is 16.0. The van der Waals surface area contributed by atoms with Gasteiger partial charge in [-0.05, 0) is 45.3 Å². The zero-order valence-corrected chi connectivity index (χ0v) is 13.6. The van der Waals surface area contributed by atoms with Crippen LogP contribution >= 0.6 is 0 Å². The molecule has 0 N–H and O–H groups in total. The lowest BCUT2D eigenvalue weighted by atomic mass is 9.79. The summed E-state index contributed by atoms with van der Waals surface area (Å²) in [6.45, 7) is 8.19. The van der Waals surface area contributed by atoms with E-state index in [-0.39, 0.29) is 30.3 Å². The minimum Gasteiger partial charge on any atom is -0.490 e. The van der Waals surface area contributed by atoms with Crippen LogP contribution in [0.3, 0.4) is 0 Å². The molecule has 0 spiro atoms. The Bertz CT molecular complexity index is 569. The van der Waals surface area contributed by atoms with Gasteiger partial charge in [-0.15, -0.1) is 0 Å². The molecule has 22 heavy (non-hydrogen) atoms. The molecule has 0 unspecified atom stereocenters. The first-order valence-corrected chi connectivity index (χ1v) is 7.82. The average Bonchev–Trinajstić information content (AvgIpc) is 2.63. The predicted molar refractivity (Wildman–Crippen MR) is 84.9 cm³/mol. The van der Waals surface area contributed by atoms with E-state index in [1.807, 2.05) is 52.0 Å². The minimum atomic E-state index is -0.342. The van der Waals surface area contributed by atoms with E-state index in [1.165, 1.54) is 0 Å². The van der Waals surface area contributed by atoms with Gasteiger partial charge in [0.15, 0.2) is 0 Å². The molecule has 2 aliphatic rings. The lowest BCUT2D eigenvalue weighted by Gasteiger charge is -2.32. The lowest BCUT2D eigenvalue weighted by Crippen LogP contribution is -2.41. The second-order valence-electron chi connectivity index (χ2n) is 7.19. The number of benzene rings is 1. The summed E-state index contributed by atoms with van der Waals surface area (Å²) in [5, 5.41) is 8.78. The van der Waals surface area contributed by atoms with Crippen LogP contribution < -0.4 is 10.2 Å². The van der Waals surface area contributed by atoms with E-state index in [0.717, 1.165) is 24.1 Å². The Kier molecular flexibility index (Phi) is 3.70. The van der Waals surface area contributed by atoms with E-state index < -0.39 is 0 Å². The van der Waals surface area contributed by atoms with Crippen LogP contribution in [-0.2, 0) is 9.31 Å². The van der Waals surface area contributed by atoms with Gasteiger partial charge in [-0.25, -0.2) is 0 Å². The first-order valence-electron chi connectivity index (χ1n) is 7.82. The maximum atomic E-state index is 8.78. The van der Waals surface area contributed by atoms with Crippen LogP contribution in [-0.4, -0.2) is 24.4 Å². The molecule has 1 saturated heterocycles. The van der Waals surface area contributed by atoms with Crippen LogP contribution in [0.2, 0.25) is 0 Å². The Labute approximate surface area is 132 Å². The summed E-state index contributed by atoms with van der Waals surface area (Å²) in [4.78, 5) is 0. The van der Waals surface area contributed by atoms with E-state index in [0.29, 0.717) is 0 Å². The third-order valence-corrected chi connectivity index (χ3v) is 4.99. The van der Waals surface area contributed by atoms with E-state index >= 15 is 0 Å². The third-order valence-electron chi connectivity index (χ3n) is 4.99. The molecule has 0 atom stereocenters. The number of ether oxygens (including phenoxy) is 1. The maximum absolute atomic E-state index is 8.78. The van der Waals surface area contributed by atoms with Gasteiger partial charge >= 0.3 is 7.12 Å². The van der Waals surface area contributed by atoms with Gasteiger partial charge < -0.3 is 14.0 Å². The highest BCUT2D eigenvalue weighted by Crippen LogP contribution is 2.36. The molecule has 5 heteroatoms. The molecule has 1 heterocycles. The van der Waals surface area contributed by atoms with Gasteiger partial charge in [-0.2, -0.15) is 5.26 Å². The summed E-state index contributed by atoms with van der Waals surface area (Å²) in [5.41, 5.74) is 0.338. The van der Waals surface area contributed by atoms with Crippen molar-refractivity contribution in [1.29, 1.82) is 5.26 Å². The van der Waals surface area contributed by atoms with Gasteiger partial charge in [0.25, 0.3) is 0 Å². The molecule has 2 fully saturated rings. The Morgan fingerprint density at radius 3 is 2.14 bits per heavy atom. The normalized spacial score (nSPS) is 28.8. The second kappa shape index (κ2) is 5.29. The number of nitriles is 1. The van der Waals surface area contributed by atoms with E-state index in [1.54, 1.807) is 0 Å². The van der Waals surface area contributed by atoms with Crippen LogP contribution in [0.5, 0.6) is 5.75 Å². The summed E-state index contributed by atoms with van der Waals surface area (Å²) in [5.74, 6) is 0.996. The van der Waals surface area contributed by atoms with Crippen molar-refractivity contribution in [2.24, 2.45) is 5.92 Å². The highest BCUT2D eigenvalue weighted by molar-refractivity contribution is 6.62. The second-order valence-corrected chi connectivity index (χ2v) is 7.19. The Hall–Kier alpha value is -1.51. The van der Waals surface area contributed by atoms with Crippen molar-refractivity contribution in [3.8, 4) is 11.8 Å². The fourth-order valence-corrected chi connectivity index (χ4v) is 2.64. The quantitative estimate of drug-likeness (QED) is 0.805. The van der Waals surface area contributed by atoms with Gasteiger partial charge in [0.2, 0.25) is 0 Å². The Morgan fingerprint density at radius 2 is 1.64 bits per heavy atom. The highest BCUT2D eigenvalue weighted by atomic mass is 16.7.